The Balaban J connectivity index is 0.00000289. The minimum absolute atomic E-state index is 0. The van der Waals surface area contributed by atoms with Crippen molar-refractivity contribution in [3.63, 3.8) is 0 Å². The van der Waals surface area contributed by atoms with E-state index in [0.717, 1.165) is 44.4 Å². The summed E-state index contributed by atoms with van der Waals surface area (Å²) < 4.78 is 2.18. The molecule has 0 spiro atoms. The lowest BCUT2D eigenvalue weighted by atomic mass is 10.0. The van der Waals surface area contributed by atoms with Gasteiger partial charge in [-0.2, -0.15) is 0 Å². The number of hydrogen-bond donors (Lipinski definition) is 2. The molecule has 7 heteroatoms. The highest BCUT2D eigenvalue weighted by Crippen LogP contribution is 2.14. The van der Waals surface area contributed by atoms with Crippen LogP contribution in [-0.2, 0) is 19.6 Å². The maximum atomic E-state index is 4.53. The Kier molecular flexibility index (Phi) is 9.55. The van der Waals surface area contributed by atoms with E-state index in [4.69, 9.17) is 0 Å². The number of rotatable bonds is 7. The van der Waals surface area contributed by atoms with Gasteiger partial charge in [0.15, 0.2) is 5.96 Å². The summed E-state index contributed by atoms with van der Waals surface area (Å²) in [5.41, 5.74) is 2.64. The van der Waals surface area contributed by atoms with Gasteiger partial charge < -0.3 is 15.2 Å². The molecular formula is C25H33IN6. The molecule has 1 saturated heterocycles. The molecule has 6 nitrogen and oxygen atoms in total. The number of aromatic nitrogens is 2. The van der Waals surface area contributed by atoms with Crippen LogP contribution in [0.4, 0.5) is 0 Å². The van der Waals surface area contributed by atoms with Crippen LogP contribution in [0.15, 0.2) is 78.0 Å². The fourth-order valence-electron chi connectivity index (χ4n) is 4.14. The van der Waals surface area contributed by atoms with E-state index in [9.17, 15) is 0 Å². The van der Waals surface area contributed by atoms with Crippen molar-refractivity contribution in [2.45, 2.75) is 38.5 Å². The summed E-state index contributed by atoms with van der Waals surface area (Å²) in [5, 5.41) is 7.06. The maximum Gasteiger partial charge on any atom is 0.191 e. The monoisotopic (exact) mass is 544 g/mol. The Bertz CT molecular complexity index is 957. The van der Waals surface area contributed by atoms with Gasteiger partial charge in [-0.15, -0.1) is 24.0 Å². The molecule has 1 aliphatic heterocycles. The van der Waals surface area contributed by atoms with Crippen molar-refractivity contribution in [2.24, 2.45) is 4.99 Å². The second-order valence-electron chi connectivity index (χ2n) is 8.09. The Labute approximate surface area is 208 Å². The predicted octanol–water partition coefficient (Wildman–Crippen LogP) is 3.88. The van der Waals surface area contributed by atoms with Crippen LogP contribution in [0.2, 0.25) is 0 Å². The molecule has 2 heterocycles. The van der Waals surface area contributed by atoms with Gasteiger partial charge in [-0.25, -0.2) is 4.98 Å². The van der Waals surface area contributed by atoms with E-state index in [-0.39, 0.29) is 24.0 Å². The molecule has 32 heavy (non-hydrogen) atoms. The number of nitrogens with zero attached hydrogens (tertiary/aromatic N) is 4. The van der Waals surface area contributed by atoms with Crippen LogP contribution in [0, 0.1) is 0 Å². The molecular weight excluding hydrogens is 511 g/mol. The molecule has 1 aromatic heterocycles. The minimum atomic E-state index is 0. The van der Waals surface area contributed by atoms with Gasteiger partial charge in [0.1, 0.15) is 5.82 Å². The van der Waals surface area contributed by atoms with Crippen LogP contribution in [0.5, 0.6) is 0 Å². The molecule has 0 amide bonds. The van der Waals surface area contributed by atoms with Crippen molar-refractivity contribution in [3.8, 4) is 0 Å². The Morgan fingerprint density at radius 3 is 2.41 bits per heavy atom. The predicted molar refractivity (Wildman–Crippen MR) is 141 cm³/mol. The maximum absolute atomic E-state index is 4.53. The molecule has 1 atom stereocenters. The Hall–Kier alpha value is -2.39. The fourth-order valence-corrected chi connectivity index (χ4v) is 4.14. The third-order valence-electron chi connectivity index (χ3n) is 5.73. The van der Waals surface area contributed by atoms with Gasteiger partial charge in [0, 0.05) is 45.1 Å². The van der Waals surface area contributed by atoms with Crippen LogP contribution in [-0.4, -0.2) is 46.6 Å². The molecule has 2 N–H and O–H groups in total. The van der Waals surface area contributed by atoms with Gasteiger partial charge in [-0.05, 0) is 30.5 Å². The largest absolute Gasteiger partial charge is 0.352 e. The molecule has 0 aliphatic carbocycles. The summed E-state index contributed by atoms with van der Waals surface area (Å²) >= 11 is 0. The zero-order valence-electron chi connectivity index (χ0n) is 18.7. The molecule has 1 fully saturated rings. The number of likely N-dealkylation sites (tertiary alicyclic amines) is 1. The zero-order chi connectivity index (χ0) is 21.3. The van der Waals surface area contributed by atoms with Gasteiger partial charge in [-0.1, -0.05) is 60.7 Å². The topological polar surface area (TPSA) is 57.5 Å². The third kappa shape index (κ3) is 7.06. The molecule has 0 saturated carbocycles. The minimum Gasteiger partial charge on any atom is -0.352 e. The molecule has 1 unspecified atom stereocenters. The number of benzene rings is 2. The standard InChI is InChI=1S/C25H32N6.HI/c1-26-25(28-17-24-27-14-16-31(24)19-22-11-6-3-7-12-22)29-23-13-8-15-30(20-23)18-21-9-4-2-5-10-21;/h2-7,9-12,14,16,23H,8,13,15,17-20H2,1H3,(H2,26,28,29);1H. The van der Waals surface area contributed by atoms with Gasteiger partial charge in [0.05, 0.1) is 6.54 Å². The van der Waals surface area contributed by atoms with Crippen LogP contribution in [0.25, 0.3) is 0 Å². The zero-order valence-corrected chi connectivity index (χ0v) is 21.0. The second-order valence-corrected chi connectivity index (χ2v) is 8.09. The molecule has 0 bridgehead atoms. The van der Waals surface area contributed by atoms with Crippen LogP contribution in [0.3, 0.4) is 0 Å². The smallest absolute Gasteiger partial charge is 0.191 e. The molecule has 170 valence electrons. The van der Waals surface area contributed by atoms with Gasteiger partial charge in [0.25, 0.3) is 0 Å². The first-order valence-electron chi connectivity index (χ1n) is 11.1. The van der Waals surface area contributed by atoms with Crippen molar-refractivity contribution in [3.05, 3.63) is 90.0 Å². The van der Waals surface area contributed by atoms with Crippen molar-refractivity contribution in [1.82, 2.24) is 25.1 Å². The summed E-state index contributed by atoms with van der Waals surface area (Å²) in [7, 11) is 1.83. The van der Waals surface area contributed by atoms with E-state index < -0.39 is 0 Å². The van der Waals surface area contributed by atoms with Crippen molar-refractivity contribution in [1.29, 1.82) is 0 Å². The number of imidazole rings is 1. The number of halogens is 1. The quantitative estimate of drug-likeness (QED) is 0.270. The number of nitrogens with one attached hydrogen (secondary N) is 2. The average Bonchev–Trinajstić information content (AvgIpc) is 3.25. The molecule has 3 aromatic rings. The Morgan fingerprint density at radius 1 is 1.03 bits per heavy atom. The highest BCUT2D eigenvalue weighted by Gasteiger charge is 2.21. The van der Waals surface area contributed by atoms with Crippen LogP contribution in [0.1, 0.15) is 29.8 Å². The van der Waals surface area contributed by atoms with E-state index in [1.54, 1.807) is 0 Å². The van der Waals surface area contributed by atoms with Gasteiger partial charge in [0.2, 0.25) is 0 Å². The highest BCUT2D eigenvalue weighted by molar-refractivity contribution is 14.0. The summed E-state index contributed by atoms with van der Waals surface area (Å²) in [6.45, 7) is 4.64. The number of hydrogen-bond acceptors (Lipinski definition) is 3. The first-order valence-corrected chi connectivity index (χ1v) is 11.1. The average molecular weight is 544 g/mol. The van der Waals surface area contributed by atoms with E-state index in [1.807, 2.05) is 25.5 Å². The lowest BCUT2D eigenvalue weighted by Crippen LogP contribution is -2.50. The summed E-state index contributed by atoms with van der Waals surface area (Å²) in [6, 6.07) is 21.6. The number of aliphatic imine (C=N–C) groups is 1. The van der Waals surface area contributed by atoms with Crippen molar-refractivity contribution in [2.75, 3.05) is 20.1 Å². The second kappa shape index (κ2) is 12.6. The normalized spacial score (nSPS) is 16.9. The number of guanidine groups is 1. The molecule has 4 rings (SSSR count). The van der Waals surface area contributed by atoms with E-state index in [2.05, 4.69) is 84.7 Å². The first-order chi connectivity index (χ1) is 15.3. The summed E-state index contributed by atoms with van der Waals surface area (Å²) in [6.07, 6.45) is 6.25. The lowest BCUT2D eigenvalue weighted by Gasteiger charge is -2.34. The first kappa shape index (κ1) is 24.3. The fraction of sp³-hybridized carbons (Fsp3) is 0.360. The van der Waals surface area contributed by atoms with Crippen LogP contribution < -0.4 is 10.6 Å². The lowest BCUT2D eigenvalue weighted by molar-refractivity contribution is 0.192. The van der Waals surface area contributed by atoms with Gasteiger partial charge in [-0.3, -0.25) is 9.89 Å². The highest BCUT2D eigenvalue weighted by atomic mass is 127. The van der Waals surface area contributed by atoms with E-state index in [1.165, 1.54) is 17.5 Å². The van der Waals surface area contributed by atoms with Crippen molar-refractivity contribution < 1.29 is 0 Å². The van der Waals surface area contributed by atoms with E-state index >= 15 is 0 Å². The van der Waals surface area contributed by atoms with Crippen molar-refractivity contribution >= 4 is 29.9 Å². The SMILES string of the molecule is CN=C(NCc1nccn1Cc1ccccc1)NC1CCCN(Cc2ccccc2)C1.I. The molecule has 2 aromatic carbocycles. The number of piperidine rings is 1. The van der Waals surface area contributed by atoms with Crippen LogP contribution >= 0.6 is 24.0 Å². The van der Waals surface area contributed by atoms with E-state index in [0.29, 0.717) is 12.6 Å². The van der Waals surface area contributed by atoms with Gasteiger partial charge >= 0.3 is 0 Å². The summed E-state index contributed by atoms with van der Waals surface area (Å²) in [4.78, 5) is 11.5. The molecule has 0 radical (unpaired) electrons. The third-order valence-corrected chi connectivity index (χ3v) is 5.73. The molecule has 1 aliphatic rings. The Morgan fingerprint density at radius 2 is 1.72 bits per heavy atom. The summed E-state index contributed by atoms with van der Waals surface area (Å²) in [5.74, 6) is 1.84.